The van der Waals surface area contributed by atoms with E-state index in [4.69, 9.17) is 0 Å². The Morgan fingerprint density at radius 2 is 1.62 bits per heavy atom. The molecule has 2 rings (SSSR count). The summed E-state index contributed by atoms with van der Waals surface area (Å²) in [6, 6.07) is 11.2. The van der Waals surface area contributed by atoms with E-state index in [-0.39, 0.29) is 17.7 Å². The Morgan fingerprint density at radius 3 is 2.29 bits per heavy atom. The van der Waals surface area contributed by atoms with Crippen molar-refractivity contribution in [1.29, 1.82) is 0 Å². The lowest BCUT2D eigenvalue weighted by atomic mass is 10.0. The summed E-state index contributed by atoms with van der Waals surface area (Å²) in [5.74, 6) is -0.615. The summed E-state index contributed by atoms with van der Waals surface area (Å²) < 4.78 is 28.2. The first kappa shape index (κ1) is 15.4. The normalized spacial score (nSPS) is 12.2. The number of anilines is 2. The summed E-state index contributed by atoms with van der Waals surface area (Å²) in [5, 5.41) is 3.20. The molecule has 0 saturated carbocycles. The van der Waals surface area contributed by atoms with Crippen molar-refractivity contribution in [1.82, 2.24) is 5.32 Å². The maximum Gasteiger partial charge on any atom is 0.146 e. The van der Waals surface area contributed by atoms with Gasteiger partial charge in [0.05, 0.1) is 5.69 Å². The number of para-hydroxylation sites is 1. The van der Waals surface area contributed by atoms with Gasteiger partial charge in [0.2, 0.25) is 0 Å². The van der Waals surface area contributed by atoms with Crippen LogP contribution in [0.1, 0.15) is 25.5 Å². The van der Waals surface area contributed by atoms with E-state index in [0.29, 0.717) is 16.9 Å². The summed E-state index contributed by atoms with van der Waals surface area (Å²) in [4.78, 5) is 1.68. The number of benzene rings is 2. The Labute approximate surface area is 124 Å². The molecule has 0 aliphatic rings. The minimum atomic E-state index is -0.327. The molecule has 1 atom stereocenters. The third kappa shape index (κ3) is 3.22. The molecular weight excluding hydrogens is 270 g/mol. The zero-order valence-corrected chi connectivity index (χ0v) is 12.5. The number of hydrogen-bond donors (Lipinski definition) is 1. The van der Waals surface area contributed by atoms with Crippen molar-refractivity contribution in [2.24, 2.45) is 0 Å². The molecule has 0 aromatic heterocycles. The molecule has 0 saturated heterocycles. The van der Waals surface area contributed by atoms with Crippen LogP contribution < -0.4 is 10.2 Å². The molecular formula is C17H20F2N2. The Kier molecular flexibility index (Phi) is 4.91. The average Bonchev–Trinajstić information content (AvgIpc) is 2.47. The third-order valence-corrected chi connectivity index (χ3v) is 3.55. The van der Waals surface area contributed by atoms with Crippen molar-refractivity contribution in [3.63, 3.8) is 0 Å². The SMILES string of the molecule is CCNC(C)c1c(F)cccc1N(C)c1ccccc1F. The topological polar surface area (TPSA) is 15.3 Å². The highest BCUT2D eigenvalue weighted by Gasteiger charge is 2.19. The van der Waals surface area contributed by atoms with Crippen molar-refractivity contribution in [3.05, 3.63) is 59.7 Å². The fourth-order valence-electron chi connectivity index (χ4n) is 2.51. The molecule has 21 heavy (non-hydrogen) atoms. The second kappa shape index (κ2) is 6.68. The predicted octanol–water partition coefficient (Wildman–Crippen LogP) is 4.40. The molecule has 4 heteroatoms. The highest BCUT2D eigenvalue weighted by atomic mass is 19.1. The van der Waals surface area contributed by atoms with E-state index in [2.05, 4.69) is 5.32 Å². The van der Waals surface area contributed by atoms with Crippen LogP contribution in [0.25, 0.3) is 0 Å². The van der Waals surface area contributed by atoms with E-state index in [1.54, 1.807) is 42.3 Å². The van der Waals surface area contributed by atoms with Crippen LogP contribution in [0.15, 0.2) is 42.5 Å². The molecule has 0 fully saturated rings. The number of halogens is 2. The lowest BCUT2D eigenvalue weighted by molar-refractivity contribution is 0.541. The third-order valence-electron chi connectivity index (χ3n) is 3.55. The highest BCUT2D eigenvalue weighted by Crippen LogP contribution is 2.33. The van der Waals surface area contributed by atoms with Gasteiger partial charge in [-0.3, -0.25) is 0 Å². The Balaban J connectivity index is 2.49. The first-order chi connectivity index (χ1) is 10.1. The van der Waals surface area contributed by atoms with Gasteiger partial charge in [0, 0.05) is 24.3 Å². The molecule has 0 amide bonds. The van der Waals surface area contributed by atoms with E-state index < -0.39 is 0 Å². The van der Waals surface area contributed by atoms with Gasteiger partial charge in [-0.2, -0.15) is 0 Å². The zero-order valence-electron chi connectivity index (χ0n) is 12.5. The fourth-order valence-corrected chi connectivity index (χ4v) is 2.51. The first-order valence-corrected chi connectivity index (χ1v) is 7.06. The molecule has 0 aliphatic heterocycles. The standard InChI is InChI=1S/C17H20F2N2/c1-4-20-12(2)17-14(19)9-7-11-16(17)21(3)15-10-6-5-8-13(15)18/h5-12,20H,4H2,1-3H3. The zero-order chi connectivity index (χ0) is 15.4. The largest absolute Gasteiger partial charge is 0.342 e. The summed E-state index contributed by atoms with van der Waals surface area (Å²) in [5.41, 5.74) is 1.63. The summed E-state index contributed by atoms with van der Waals surface area (Å²) in [6.07, 6.45) is 0. The molecule has 2 aromatic rings. The Bertz CT molecular complexity index is 613. The Morgan fingerprint density at radius 1 is 1.00 bits per heavy atom. The molecule has 0 spiro atoms. The number of rotatable bonds is 5. The number of nitrogens with one attached hydrogen (secondary N) is 1. The van der Waals surface area contributed by atoms with Gasteiger partial charge >= 0.3 is 0 Å². The van der Waals surface area contributed by atoms with Crippen LogP contribution in [0.3, 0.4) is 0 Å². The molecule has 2 nitrogen and oxygen atoms in total. The van der Waals surface area contributed by atoms with Crippen LogP contribution in [0.2, 0.25) is 0 Å². The summed E-state index contributed by atoms with van der Waals surface area (Å²) in [6.45, 7) is 4.61. The van der Waals surface area contributed by atoms with E-state index in [9.17, 15) is 8.78 Å². The van der Waals surface area contributed by atoms with Crippen molar-refractivity contribution < 1.29 is 8.78 Å². The Hall–Kier alpha value is -1.94. The molecule has 112 valence electrons. The average molecular weight is 290 g/mol. The van der Waals surface area contributed by atoms with Crippen molar-refractivity contribution in [3.8, 4) is 0 Å². The second-order valence-electron chi connectivity index (χ2n) is 4.96. The van der Waals surface area contributed by atoms with E-state index in [1.165, 1.54) is 12.1 Å². The van der Waals surface area contributed by atoms with Crippen LogP contribution in [-0.2, 0) is 0 Å². The molecule has 0 aliphatic carbocycles. The lowest BCUT2D eigenvalue weighted by Crippen LogP contribution is -2.22. The van der Waals surface area contributed by atoms with Crippen molar-refractivity contribution in [2.75, 3.05) is 18.5 Å². The van der Waals surface area contributed by atoms with Gasteiger partial charge in [0.25, 0.3) is 0 Å². The van der Waals surface area contributed by atoms with Gasteiger partial charge in [-0.15, -0.1) is 0 Å². The van der Waals surface area contributed by atoms with Crippen LogP contribution >= 0.6 is 0 Å². The van der Waals surface area contributed by atoms with Crippen molar-refractivity contribution >= 4 is 11.4 Å². The van der Waals surface area contributed by atoms with Gasteiger partial charge in [-0.05, 0) is 37.7 Å². The van der Waals surface area contributed by atoms with Gasteiger partial charge in [-0.1, -0.05) is 25.1 Å². The quantitative estimate of drug-likeness (QED) is 0.878. The predicted molar refractivity (Wildman–Crippen MR) is 83.0 cm³/mol. The van der Waals surface area contributed by atoms with Crippen molar-refractivity contribution in [2.45, 2.75) is 19.9 Å². The smallest absolute Gasteiger partial charge is 0.146 e. The minimum Gasteiger partial charge on any atom is -0.342 e. The van der Waals surface area contributed by atoms with Gasteiger partial charge in [0.1, 0.15) is 11.6 Å². The monoisotopic (exact) mass is 290 g/mol. The van der Waals surface area contributed by atoms with Crippen LogP contribution in [0, 0.1) is 11.6 Å². The molecule has 0 heterocycles. The molecule has 1 unspecified atom stereocenters. The van der Waals surface area contributed by atoms with Gasteiger partial charge < -0.3 is 10.2 Å². The molecule has 0 radical (unpaired) electrons. The van der Waals surface area contributed by atoms with Crippen LogP contribution in [-0.4, -0.2) is 13.6 Å². The summed E-state index contributed by atoms with van der Waals surface area (Å²) in [7, 11) is 1.75. The van der Waals surface area contributed by atoms with E-state index in [1.807, 2.05) is 13.8 Å². The minimum absolute atomic E-state index is 0.152. The summed E-state index contributed by atoms with van der Waals surface area (Å²) >= 11 is 0. The highest BCUT2D eigenvalue weighted by molar-refractivity contribution is 5.67. The lowest BCUT2D eigenvalue weighted by Gasteiger charge is -2.26. The van der Waals surface area contributed by atoms with Crippen LogP contribution in [0.4, 0.5) is 20.2 Å². The van der Waals surface area contributed by atoms with Crippen LogP contribution in [0.5, 0.6) is 0 Å². The number of hydrogen-bond acceptors (Lipinski definition) is 2. The molecule has 2 aromatic carbocycles. The van der Waals surface area contributed by atoms with E-state index in [0.717, 1.165) is 6.54 Å². The van der Waals surface area contributed by atoms with Gasteiger partial charge in [-0.25, -0.2) is 8.78 Å². The first-order valence-electron chi connectivity index (χ1n) is 7.06. The maximum absolute atomic E-state index is 14.2. The molecule has 1 N–H and O–H groups in total. The fraction of sp³-hybridized carbons (Fsp3) is 0.294. The van der Waals surface area contributed by atoms with Gasteiger partial charge in [0.15, 0.2) is 0 Å². The van der Waals surface area contributed by atoms with E-state index >= 15 is 0 Å². The number of nitrogens with zero attached hydrogens (tertiary/aromatic N) is 1. The second-order valence-corrected chi connectivity index (χ2v) is 4.96. The molecule has 0 bridgehead atoms. The maximum atomic E-state index is 14.2.